The Morgan fingerprint density at radius 2 is 1.10 bits per heavy atom. The summed E-state index contributed by atoms with van der Waals surface area (Å²) in [5.41, 5.74) is 16.2. The molecule has 0 aliphatic carbocycles. The Bertz CT molecular complexity index is 2430. The molecule has 0 bridgehead atoms. The van der Waals surface area contributed by atoms with E-state index in [1.165, 1.54) is 38.2 Å². The van der Waals surface area contributed by atoms with Crippen LogP contribution in [0.5, 0.6) is 0 Å². The third kappa shape index (κ3) is 5.16. The molecule has 3 atom stereocenters. The molecule has 1 aliphatic rings. The minimum atomic E-state index is -0.556. The van der Waals surface area contributed by atoms with Gasteiger partial charge in [0.05, 0.1) is 34.4 Å². The summed E-state index contributed by atoms with van der Waals surface area (Å²) < 4.78 is 4.60. The van der Waals surface area contributed by atoms with Crippen LogP contribution in [0.25, 0.3) is 49.3 Å². The van der Waals surface area contributed by atoms with Crippen molar-refractivity contribution >= 4 is 43.6 Å². The van der Waals surface area contributed by atoms with Gasteiger partial charge in [-0.05, 0) is 54.4 Å². The van der Waals surface area contributed by atoms with Crippen LogP contribution in [0.2, 0.25) is 0 Å². The van der Waals surface area contributed by atoms with E-state index in [4.69, 9.17) is 5.73 Å². The summed E-state index contributed by atoms with van der Waals surface area (Å²) in [5.74, 6) is 0. The average Bonchev–Trinajstić information content (AvgIpc) is 3.69. The van der Waals surface area contributed by atoms with Crippen LogP contribution in [0.4, 0.5) is 0 Å². The molecule has 0 amide bonds. The van der Waals surface area contributed by atoms with Crippen molar-refractivity contribution in [3.8, 4) is 5.69 Å². The number of para-hydroxylation sites is 3. The van der Waals surface area contributed by atoms with Crippen LogP contribution in [0.15, 0.2) is 163 Å². The predicted octanol–water partition coefficient (Wildman–Crippen LogP) is 8.31. The first kappa shape index (κ1) is 30.4. The molecule has 1 saturated heterocycles. The predicted molar refractivity (Wildman–Crippen MR) is 205 cm³/mol. The summed E-state index contributed by atoms with van der Waals surface area (Å²) >= 11 is 0. The van der Waals surface area contributed by atoms with E-state index >= 15 is 0 Å². The fourth-order valence-electron chi connectivity index (χ4n) is 7.68. The SMILES string of the molecule is C/C=C(\NC(N)n1c2ccccc2c2cc3c4ccccc4n(-c4ccccc4)c3cc21)C1NC(c2ccccc2)NC(c2ccccc2)N1. The molecule has 2 aromatic heterocycles. The van der Waals surface area contributed by atoms with Crippen molar-refractivity contribution in [2.24, 2.45) is 5.73 Å². The molecule has 0 spiro atoms. The van der Waals surface area contributed by atoms with Crippen molar-refractivity contribution in [2.75, 3.05) is 0 Å². The number of nitrogens with zero attached hydrogens (tertiary/aromatic N) is 2. The summed E-state index contributed by atoms with van der Waals surface area (Å²) in [7, 11) is 0. The van der Waals surface area contributed by atoms with Gasteiger partial charge in [0.1, 0.15) is 6.17 Å². The fraction of sp³-hybridized carbons (Fsp3) is 0.116. The maximum atomic E-state index is 7.25. The van der Waals surface area contributed by atoms with Crippen molar-refractivity contribution in [3.05, 3.63) is 175 Å². The molecule has 3 unspecified atom stereocenters. The van der Waals surface area contributed by atoms with Crippen molar-refractivity contribution < 1.29 is 0 Å². The first-order valence-electron chi connectivity index (χ1n) is 17.3. The Labute approximate surface area is 291 Å². The van der Waals surface area contributed by atoms with Crippen molar-refractivity contribution in [3.63, 3.8) is 0 Å². The van der Waals surface area contributed by atoms with Gasteiger partial charge in [0.15, 0.2) is 6.29 Å². The average molecular weight is 654 g/mol. The molecule has 0 radical (unpaired) electrons. The number of rotatable bonds is 7. The lowest BCUT2D eigenvalue weighted by molar-refractivity contribution is 0.212. The molecule has 1 aliphatic heterocycles. The zero-order valence-corrected chi connectivity index (χ0v) is 27.8. The molecule has 9 rings (SSSR count). The second kappa shape index (κ2) is 12.6. The van der Waals surface area contributed by atoms with Gasteiger partial charge in [0.2, 0.25) is 0 Å². The maximum absolute atomic E-state index is 7.25. The van der Waals surface area contributed by atoms with Gasteiger partial charge in [0.25, 0.3) is 0 Å². The van der Waals surface area contributed by atoms with E-state index in [-0.39, 0.29) is 18.5 Å². The third-order valence-electron chi connectivity index (χ3n) is 10.00. The standard InChI is InChI=1S/C43H39N7/c1-2-35(42-47-40(28-16-6-3-7-17-28)46-41(48-42)29-18-8-4-9-19-29)45-43(44)50-37-25-15-13-23-32(37)34-26-33-31-22-12-14-24-36(31)49(38(33)27-39(34)50)30-20-10-5-11-21-30/h2-27,40-43,45-48H,44H2,1H3/b35-2-. The lowest BCUT2D eigenvalue weighted by Crippen LogP contribution is -2.61. The second-order valence-corrected chi connectivity index (χ2v) is 12.9. The van der Waals surface area contributed by atoms with E-state index in [9.17, 15) is 0 Å². The summed E-state index contributed by atoms with van der Waals surface area (Å²) in [6.45, 7) is 2.06. The Balaban J connectivity index is 1.15. The summed E-state index contributed by atoms with van der Waals surface area (Å²) in [6, 6.07) is 53.5. The smallest absolute Gasteiger partial charge is 0.157 e. The van der Waals surface area contributed by atoms with Crippen LogP contribution in [0.1, 0.15) is 36.7 Å². The lowest BCUT2D eigenvalue weighted by atomic mass is 10.1. The highest BCUT2D eigenvalue weighted by molar-refractivity contribution is 6.18. The number of aromatic nitrogens is 2. The molecular formula is C43H39N7. The Hall–Kier alpha value is -5.70. The third-order valence-corrected chi connectivity index (χ3v) is 10.00. The Morgan fingerprint density at radius 1 is 0.580 bits per heavy atom. The minimum absolute atomic E-state index is 0.0814. The molecule has 7 heteroatoms. The normalized spacial score (nSPS) is 19.0. The van der Waals surface area contributed by atoms with E-state index in [2.05, 4.69) is 183 Å². The lowest BCUT2D eigenvalue weighted by Gasteiger charge is -2.41. The molecule has 246 valence electrons. The maximum Gasteiger partial charge on any atom is 0.157 e. The first-order valence-corrected chi connectivity index (χ1v) is 17.3. The van der Waals surface area contributed by atoms with Crippen LogP contribution in [-0.2, 0) is 0 Å². The molecule has 3 heterocycles. The highest BCUT2D eigenvalue weighted by Gasteiger charge is 2.31. The van der Waals surface area contributed by atoms with Crippen LogP contribution in [0.3, 0.4) is 0 Å². The largest absolute Gasteiger partial charge is 0.354 e. The van der Waals surface area contributed by atoms with Gasteiger partial charge in [0, 0.05) is 32.9 Å². The van der Waals surface area contributed by atoms with Crippen LogP contribution < -0.4 is 27.0 Å². The summed E-state index contributed by atoms with van der Waals surface area (Å²) in [4.78, 5) is 0. The van der Waals surface area contributed by atoms with Gasteiger partial charge in [-0.2, -0.15) is 0 Å². The second-order valence-electron chi connectivity index (χ2n) is 12.9. The summed E-state index contributed by atoms with van der Waals surface area (Å²) in [5, 5.41) is 19.9. The minimum Gasteiger partial charge on any atom is -0.354 e. The van der Waals surface area contributed by atoms with E-state index in [1.807, 2.05) is 12.1 Å². The highest BCUT2D eigenvalue weighted by Crippen LogP contribution is 2.39. The van der Waals surface area contributed by atoms with Crippen LogP contribution in [-0.4, -0.2) is 15.3 Å². The number of nitrogens with one attached hydrogen (secondary N) is 4. The van der Waals surface area contributed by atoms with E-state index in [0.717, 1.165) is 27.9 Å². The molecule has 6 aromatic carbocycles. The fourth-order valence-corrected chi connectivity index (χ4v) is 7.68. The molecule has 6 N–H and O–H groups in total. The quantitative estimate of drug-likeness (QED) is 0.112. The number of hydrogen-bond acceptors (Lipinski definition) is 5. The van der Waals surface area contributed by atoms with Crippen molar-refractivity contribution in [1.29, 1.82) is 0 Å². The molecule has 0 saturated carbocycles. The molecule has 7 nitrogen and oxygen atoms in total. The van der Waals surface area contributed by atoms with Crippen molar-refractivity contribution in [2.45, 2.75) is 31.7 Å². The first-order chi connectivity index (χ1) is 24.7. The Kier molecular flexibility index (Phi) is 7.67. The molecular weight excluding hydrogens is 615 g/mol. The molecule has 50 heavy (non-hydrogen) atoms. The number of allylic oxidation sites excluding steroid dienone is 1. The van der Waals surface area contributed by atoms with Crippen LogP contribution >= 0.6 is 0 Å². The summed E-state index contributed by atoms with van der Waals surface area (Å²) in [6.07, 6.45) is 1.19. The van der Waals surface area contributed by atoms with E-state index < -0.39 is 6.29 Å². The molecule has 1 fully saturated rings. The van der Waals surface area contributed by atoms with Gasteiger partial charge in [-0.25, -0.2) is 0 Å². The van der Waals surface area contributed by atoms with Gasteiger partial charge in [-0.15, -0.1) is 0 Å². The number of fused-ring (bicyclic) bond motifs is 6. The topological polar surface area (TPSA) is 84.0 Å². The van der Waals surface area contributed by atoms with E-state index in [1.54, 1.807) is 0 Å². The number of benzene rings is 6. The van der Waals surface area contributed by atoms with Crippen LogP contribution in [0, 0.1) is 0 Å². The number of hydrogen-bond donors (Lipinski definition) is 5. The zero-order valence-electron chi connectivity index (χ0n) is 27.8. The van der Waals surface area contributed by atoms with Gasteiger partial charge < -0.3 is 14.5 Å². The van der Waals surface area contributed by atoms with Gasteiger partial charge in [-0.1, -0.05) is 121 Å². The van der Waals surface area contributed by atoms with Gasteiger partial charge in [-0.3, -0.25) is 21.7 Å². The molecule has 8 aromatic rings. The monoisotopic (exact) mass is 653 g/mol. The van der Waals surface area contributed by atoms with Gasteiger partial charge >= 0.3 is 0 Å². The number of nitrogens with two attached hydrogens (primary N) is 1. The van der Waals surface area contributed by atoms with E-state index in [0.29, 0.717) is 0 Å². The van der Waals surface area contributed by atoms with Crippen molar-refractivity contribution in [1.82, 2.24) is 30.4 Å². The highest BCUT2D eigenvalue weighted by atomic mass is 15.4. The zero-order chi connectivity index (χ0) is 33.6. The Morgan fingerprint density at radius 3 is 1.72 bits per heavy atom.